The molecule has 0 unspecified atom stereocenters. The monoisotopic (exact) mass is 301 g/mol. The van der Waals surface area contributed by atoms with Crippen LogP contribution in [-0.4, -0.2) is 76.1 Å². The lowest BCUT2D eigenvalue weighted by molar-refractivity contribution is -0.140. The van der Waals surface area contributed by atoms with Gasteiger partial charge < -0.3 is 25.3 Å². The van der Waals surface area contributed by atoms with Gasteiger partial charge in [-0.05, 0) is 6.42 Å². The third-order valence-electron chi connectivity index (χ3n) is 3.25. The van der Waals surface area contributed by atoms with E-state index in [2.05, 4.69) is 5.32 Å². The van der Waals surface area contributed by atoms with Crippen molar-refractivity contribution in [2.45, 2.75) is 25.8 Å². The number of nitrogens with one attached hydrogen (secondary N) is 1. The number of amides is 3. The molecule has 1 fully saturated rings. The van der Waals surface area contributed by atoms with Crippen molar-refractivity contribution in [3.8, 4) is 0 Å². The molecular formula is C12H19N3O6. The lowest BCUT2D eigenvalue weighted by Gasteiger charge is -2.34. The van der Waals surface area contributed by atoms with E-state index in [9.17, 15) is 19.2 Å². The second-order valence-electron chi connectivity index (χ2n) is 4.77. The summed E-state index contributed by atoms with van der Waals surface area (Å²) in [5, 5.41) is 19.8. The molecule has 0 aromatic rings. The molecule has 0 bridgehead atoms. The van der Waals surface area contributed by atoms with Crippen LogP contribution in [0.25, 0.3) is 0 Å². The zero-order valence-corrected chi connectivity index (χ0v) is 11.7. The minimum atomic E-state index is -1.27. The van der Waals surface area contributed by atoms with E-state index in [0.717, 1.165) is 0 Å². The molecule has 0 aliphatic carbocycles. The summed E-state index contributed by atoms with van der Waals surface area (Å²) >= 11 is 0. The van der Waals surface area contributed by atoms with E-state index in [1.54, 1.807) is 4.90 Å². The van der Waals surface area contributed by atoms with Crippen molar-refractivity contribution in [1.82, 2.24) is 15.1 Å². The van der Waals surface area contributed by atoms with Gasteiger partial charge in [0, 0.05) is 39.5 Å². The summed E-state index contributed by atoms with van der Waals surface area (Å²) in [6.45, 7) is 2.88. The van der Waals surface area contributed by atoms with Crippen LogP contribution in [0, 0.1) is 0 Å². The molecule has 1 heterocycles. The van der Waals surface area contributed by atoms with E-state index in [1.165, 1.54) is 11.8 Å². The Morgan fingerprint density at radius 1 is 1.05 bits per heavy atom. The van der Waals surface area contributed by atoms with Crippen molar-refractivity contribution in [2.75, 3.05) is 26.2 Å². The number of carbonyl (C=O) groups is 4. The maximum Gasteiger partial charge on any atom is 0.326 e. The quantitative estimate of drug-likeness (QED) is 0.608. The van der Waals surface area contributed by atoms with E-state index >= 15 is 0 Å². The lowest BCUT2D eigenvalue weighted by atomic mass is 10.1. The summed E-state index contributed by atoms with van der Waals surface area (Å²) < 4.78 is 0. The maximum absolute atomic E-state index is 11.9. The highest BCUT2D eigenvalue weighted by Gasteiger charge is 2.26. The molecule has 9 nitrogen and oxygen atoms in total. The fourth-order valence-corrected chi connectivity index (χ4v) is 1.99. The molecule has 0 radical (unpaired) electrons. The van der Waals surface area contributed by atoms with Gasteiger partial charge in [-0.15, -0.1) is 0 Å². The van der Waals surface area contributed by atoms with E-state index in [4.69, 9.17) is 10.2 Å². The number of carboxylic acid groups (broad SMARTS) is 2. The van der Waals surface area contributed by atoms with Gasteiger partial charge >= 0.3 is 18.0 Å². The van der Waals surface area contributed by atoms with Crippen molar-refractivity contribution >= 4 is 23.9 Å². The summed E-state index contributed by atoms with van der Waals surface area (Å²) in [7, 11) is 0. The number of urea groups is 1. The number of aliphatic carboxylic acids is 2. The molecule has 1 aliphatic rings. The van der Waals surface area contributed by atoms with Gasteiger partial charge in [-0.25, -0.2) is 9.59 Å². The van der Waals surface area contributed by atoms with Crippen LogP contribution >= 0.6 is 0 Å². The highest BCUT2D eigenvalue weighted by molar-refractivity contribution is 5.83. The van der Waals surface area contributed by atoms with E-state index in [-0.39, 0.29) is 18.7 Å². The van der Waals surface area contributed by atoms with Crippen molar-refractivity contribution in [2.24, 2.45) is 0 Å². The van der Waals surface area contributed by atoms with E-state index in [0.29, 0.717) is 26.2 Å². The average Bonchev–Trinajstić information content (AvgIpc) is 2.42. The Morgan fingerprint density at radius 2 is 1.57 bits per heavy atom. The number of carbonyl (C=O) groups excluding carboxylic acids is 2. The molecule has 3 N–H and O–H groups in total. The van der Waals surface area contributed by atoms with Crippen LogP contribution < -0.4 is 5.32 Å². The number of carboxylic acids is 2. The number of hydrogen-bond acceptors (Lipinski definition) is 4. The number of rotatable bonds is 5. The topological polar surface area (TPSA) is 127 Å². The van der Waals surface area contributed by atoms with Crippen molar-refractivity contribution in [3.63, 3.8) is 0 Å². The Morgan fingerprint density at radius 3 is 2.00 bits per heavy atom. The van der Waals surface area contributed by atoms with E-state index in [1.807, 2.05) is 0 Å². The molecule has 0 aromatic heterocycles. The van der Waals surface area contributed by atoms with E-state index < -0.39 is 24.0 Å². The molecule has 118 valence electrons. The molecule has 0 aromatic carbocycles. The summed E-state index contributed by atoms with van der Waals surface area (Å²) in [6, 6.07) is -1.80. The van der Waals surface area contributed by atoms with Crippen LogP contribution in [0.5, 0.6) is 0 Å². The van der Waals surface area contributed by atoms with Gasteiger partial charge in [-0.1, -0.05) is 0 Å². The predicted octanol–water partition coefficient (Wildman–Crippen LogP) is -0.822. The average molecular weight is 301 g/mol. The van der Waals surface area contributed by atoms with Gasteiger partial charge in [-0.2, -0.15) is 0 Å². The first-order valence-electron chi connectivity index (χ1n) is 6.56. The Labute approximate surface area is 121 Å². The van der Waals surface area contributed by atoms with Crippen LogP contribution in [0.2, 0.25) is 0 Å². The highest BCUT2D eigenvalue weighted by Crippen LogP contribution is 2.04. The Balaban J connectivity index is 2.49. The third kappa shape index (κ3) is 5.28. The number of piperazine rings is 1. The molecule has 1 aliphatic heterocycles. The SMILES string of the molecule is CC(=O)N1CCN(C(=O)N[C@@H](CCC(=O)O)C(=O)O)CC1. The summed E-state index contributed by atoms with van der Waals surface area (Å²) in [5.74, 6) is -2.46. The molecule has 0 spiro atoms. The maximum atomic E-state index is 11.9. The third-order valence-corrected chi connectivity index (χ3v) is 3.25. The second kappa shape index (κ2) is 7.46. The van der Waals surface area contributed by atoms with Gasteiger partial charge in [-0.3, -0.25) is 9.59 Å². The van der Waals surface area contributed by atoms with Gasteiger partial charge in [0.05, 0.1) is 0 Å². The van der Waals surface area contributed by atoms with Gasteiger partial charge in [0.15, 0.2) is 0 Å². The second-order valence-corrected chi connectivity index (χ2v) is 4.77. The molecule has 0 saturated carbocycles. The summed E-state index contributed by atoms with van der Waals surface area (Å²) in [5.41, 5.74) is 0. The first-order chi connectivity index (χ1) is 9.81. The lowest BCUT2D eigenvalue weighted by Crippen LogP contribution is -2.55. The van der Waals surface area contributed by atoms with Crippen LogP contribution in [0.1, 0.15) is 19.8 Å². The van der Waals surface area contributed by atoms with Crippen LogP contribution in [0.15, 0.2) is 0 Å². The predicted molar refractivity (Wildman–Crippen MR) is 70.7 cm³/mol. The largest absolute Gasteiger partial charge is 0.481 e. The molecule has 1 saturated heterocycles. The van der Waals surface area contributed by atoms with Crippen LogP contribution in [0.3, 0.4) is 0 Å². The van der Waals surface area contributed by atoms with Gasteiger partial charge in [0.25, 0.3) is 0 Å². The van der Waals surface area contributed by atoms with Gasteiger partial charge in [0.2, 0.25) is 5.91 Å². The Hall–Kier alpha value is -2.32. The minimum absolute atomic E-state index is 0.0695. The normalized spacial score (nSPS) is 16.2. The zero-order chi connectivity index (χ0) is 16.0. The molecule has 9 heteroatoms. The Bertz CT molecular complexity index is 431. The van der Waals surface area contributed by atoms with Gasteiger partial charge in [0.1, 0.15) is 6.04 Å². The van der Waals surface area contributed by atoms with Crippen LogP contribution in [-0.2, 0) is 14.4 Å². The molecule has 1 rings (SSSR count). The molecule has 3 amide bonds. The Kier molecular flexibility index (Phi) is 5.94. The molecular weight excluding hydrogens is 282 g/mol. The first-order valence-corrected chi connectivity index (χ1v) is 6.56. The van der Waals surface area contributed by atoms with Crippen molar-refractivity contribution in [3.05, 3.63) is 0 Å². The highest BCUT2D eigenvalue weighted by atomic mass is 16.4. The fraction of sp³-hybridized carbons (Fsp3) is 0.667. The fourth-order valence-electron chi connectivity index (χ4n) is 1.99. The first kappa shape index (κ1) is 16.7. The molecule has 21 heavy (non-hydrogen) atoms. The standard InChI is InChI=1S/C12H19N3O6/c1-8(16)14-4-6-15(7-5-14)12(21)13-9(11(19)20)2-3-10(17)18/h9H,2-7H2,1H3,(H,13,21)(H,17,18)(H,19,20)/t9-/m0/s1. The summed E-state index contributed by atoms with van der Waals surface area (Å²) in [6.07, 6.45) is -0.515. The van der Waals surface area contributed by atoms with Crippen LogP contribution in [0.4, 0.5) is 4.79 Å². The summed E-state index contributed by atoms with van der Waals surface area (Å²) in [4.78, 5) is 47.6. The minimum Gasteiger partial charge on any atom is -0.481 e. The number of nitrogens with zero attached hydrogens (tertiary/aromatic N) is 2. The van der Waals surface area contributed by atoms with Crippen molar-refractivity contribution in [1.29, 1.82) is 0 Å². The zero-order valence-electron chi connectivity index (χ0n) is 11.7. The number of hydrogen-bond donors (Lipinski definition) is 3. The molecule has 1 atom stereocenters. The van der Waals surface area contributed by atoms with Crippen molar-refractivity contribution < 1.29 is 29.4 Å². The smallest absolute Gasteiger partial charge is 0.326 e.